The zero-order valence-corrected chi connectivity index (χ0v) is 19.0. The molecule has 1 saturated carbocycles. The van der Waals surface area contributed by atoms with Gasteiger partial charge in [0.2, 0.25) is 0 Å². The Kier molecular flexibility index (Phi) is 9.28. The summed E-state index contributed by atoms with van der Waals surface area (Å²) in [6.45, 7) is 4.32. The number of hydrogen-bond acceptors (Lipinski definition) is 0. The second-order valence-electron chi connectivity index (χ2n) is 9.81. The summed E-state index contributed by atoms with van der Waals surface area (Å²) in [5, 5.41) is 0. The molecule has 3 rings (SSSR count). The van der Waals surface area contributed by atoms with Crippen LogP contribution in [0.4, 0.5) is 4.39 Å². The number of benzene rings is 1. The molecule has 29 heavy (non-hydrogen) atoms. The first kappa shape index (κ1) is 22.6. The van der Waals surface area contributed by atoms with Gasteiger partial charge in [-0.2, -0.15) is 0 Å². The number of aryl methyl sites for hydroxylation is 2. The van der Waals surface area contributed by atoms with Crippen molar-refractivity contribution >= 4 is 0 Å². The highest BCUT2D eigenvalue weighted by Crippen LogP contribution is 2.41. The minimum atomic E-state index is -0.0244. The summed E-state index contributed by atoms with van der Waals surface area (Å²) in [6, 6.07) is 5.84. The van der Waals surface area contributed by atoms with Gasteiger partial charge < -0.3 is 0 Å². The fraction of sp³-hybridized carbons (Fsp3) is 0.714. The summed E-state index contributed by atoms with van der Waals surface area (Å²) in [5.74, 6) is 2.91. The van der Waals surface area contributed by atoms with Gasteiger partial charge in [0, 0.05) is 0 Å². The Morgan fingerprint density at radius 3 is 2.38 bits per heavy atom. The zero-order chi connectivity index (χ0) is 20.5. The third-order valence-electron chi connectivity index (χ3n) is 7.80. The number of unbranched alkanes of at least 4 members (excludes halogenated alkanes) is 3. The van der Waals surface area contributed by atoms with Gasteiger partial charge in [-0.15, -0.1) is 0 Å². The molecule has 0 saturated heterocycles. The summed E-state index contributed by atoms with van der Waals surface area (Å²) < 4.78 is 14.0. The molecule has 0 radical (unpaired) electrons. The second-order valence-corrected chi connectivity index (χ2v) is 9.81. The van der Waals surface area contributed by atoms with E-state index in [1.54, 1.807) is 11.6 Å². The predicted octanol–water partition coefficient (Wildman–Crippen LogP) is 8.82. The third kappa shape index (κ3) is 6.97. The highest BCUT2D eigenvalue weighted by atomic mass is 19.1. The molecule has 2 aliphatic carbocycles. The quantitative estimate of drug-likeness (QED) is 0.273. The lowest BCUT2D eigenvalue weighted by atomic mass is 9.70. The molecule has 0 bridgehead atoms. The molecular formula is C28H43F. The highest BCUT2D eigenvalue weighted by molar-refractivity contribution is 5.25. The van der Waals surface area contributed by atoms with Gasteiger partial charge in [0.05, 0.1) is 0 Å². The molecular weight excluding hydrogens is 355 g/mol. The van der Waals surface area contributed by atoms with Crippen molar-refractivity contribution in [2.24, 2.45) is 17.8 Å². The van der Waals surface area contributed by atoms with Crippen LogP contribution >= 0.6 is 0 Å². The molecule has 0 aromatic heterocycles. The fourth-order valence-electron chi connectivity index (χ4n) is 5.71. The summed E-state index contributed by atoms with van der Waals surface area (Å²) >= 11 is 0. The van der Waals surface area contributed by atoms with E-state index in [0.717, 1.165) is 48.1 Å². The van der Waals surface area contributed by atoms with Gasteiger partial charge in [0.25, 0.3) is 0 Å². The van der Waals surface area contributed by atoms with E-state index < -0.39 is 0 Å². The summed E-state index contributed by atoms with van der Waals surface area (Å²) in [6.07, 6.45) is 22.5. The average molecular weight is 399 g/mol. The standard InChI is InChI=1S/C28H43F/c1-3-5-6-7-8-22-11-17-26(18-12-22)27-19-13-23(14-20-27)9-10-24-15-16-25(4-2)28(29)21-24/h13,15-16,21-22,26-27H,3-12,14,17-20H2,1-2H3. The number of rotatable bonds is 10. The minimum absolute atomic E-state index is 0.0244. The maximum atomic E-state index is 14.0. The van der Waals surface area contributed by atoms with Gasteiger partial charge in [-0.1, -0.05) is 82.6 Å². The molecule has 1 aromatic carbocycles. The molecule has 0 amide bonds. The van der Waals surface area contributed by atoms with Crippen LogP contribution < -0.4 is 0 Å². The second kappa shape index (κ2) is 11.9. The Balaban J connectivity index is 1.37. The largest absolute Gasteiger partial charge is 0.207 e. The molecule has 0 N–H and O–H groups in total. The lowest BCUT2D eigenvalue weighted by Crippen LogP contribution is -2.23. The van der Waals surface area contributed by atoms with E-state index in [0.29, 0.717) is 0 Å². The van der Waals surface area contributed by atoms with Crippen LogP contribution in [0.5, 0.6) is 0 Å². The fourth-order valence-corrected chi connectivity index (χ4v) is 5.71. The van der Waals surface area contributed by atoms with Gasteiger partial charge in [0.15, 0.2) is 0 Å². The normalized spacial score (nSPS) is 25.1. The van der Waals surface area contributed by atoms with Crippen molar-refractivity contribution in [1.29, 1.82) is 0 Å². The molecule has 0 heterocycles. The topological polar surface area (TPSA) is 0 Å². The summed E-state index contributed by atoms with van der Waals surface area (Å²) in [5.41, 5.74) is 3.61. The maximum Gasteiger partial charge on any atom is 0.126 e. The first-order chi connectivity index (χ1) is 14.2. The number of allylic oxidation sites excluding steroid dienone is 2. The van der Waals surface area contributed by atoms with Crippen molar-refractivity contribution < 1.29 is 4.39 Å². The van der Waals surface area contributed by atoms with Crippen LogP contribution in [0.1, 0.15) is 108 Å². The molecule has 0 spiro atoms. The molecule has 0 aliphatic heterocycles. The monoisotopic (exact) mass is 398 g/mol. The predicted molar refractivity (Wildman–Crippen MR) is 124 cm³/mol. The molecule has 0 nitrogen and oxygen atoms in total. The van der Waals surface area contributed by atoms with E-state index in [4.69, 9.17) is 0 Å². The molecule has 162 valence electrons. The van der Waals surface area contributed by atoms with Crippen molar-refractivity contribution in [3.05, 3.63) is 46.8 Å². The van der Waals surface area contributed by atoms with Crippen LogP contribution in [-0.2, 0) is 12.8 Å². The SMILES string of the molecule is CCCCCCC1CCC(C2CC=C(CCc3ccc(CC)c(F)c3)CC2)CC1. The molecule has 2 aliphatic rings. The van der Waals surface area contributed by atoms with E-state index in [2.05, 4.69) is 19.1 Å². The van der Waals surface area contributed by atoms with Crippen molar-refractivity contribution in [3.63, 3.8) is 0 Å². The number of halogens is 1. The lowest BCUT2D eigenvalue weighted by molar-refractivity contribution is 0.185. The van der Waals surface area contributed by atoms with Gasteiger partial charge in [-0.05, 0) is 86.3 Å². The van der Waals surface area contributed by atoms with Gasteiger partial charge in [0.1, 0.15) is 5.82 Å². The Bertz CT molecular complexity index is 636. The molecule has 1 atom stereocenters. The van der Waals surface area contributed by atoms with E-state index in [-0.39, 0.29) is 5.82 Å². The van der Waals surface area contributed by atoms with Crippen LogP contribution in [0.25, 0.3) is 0 Å². The van der Waals surface area contributed by atoms with Crippen LogP contribution in [-0.4, -0.2) is 0 Å². The van der Waals surface area contributed by atoms with Crippen LogP contribution in [0, 0.1) is 23.6 Å². The average Bonchev–Trinajstić information content (AvgIpc) is 2.76. The van der Waals surface area contributed by atoms with Crippen molar-refractivity contribution in [3.8, 4) is 0 Å². The summed E-state index contributed by atoms with van der Waals surface area (Å²) in [4.78, 5) is 0. The van der Waals surface area contributed by atoms with Crippen LogP contribution in [0.2, 0.25) is 0 Å². The first-order valence-corrected chi connectivity index (χ1v) is 12.6. The smallest absolute Gasteiger partial charge is 0.126 e. The Morgan fingerprint density at radius 1 is 0.897 bits per heavy atom. The van der Waals surface area contributed by atoms with Crippen LogP contribution in [0.15, 0.2) is 29.8 Å². The van der Waals surface area contributed by atoms with Crippen molar-refractivity contribution in [2.45, 2.75) is 110 Å². The Hall–Kier alpha value is -1.11. The van der Waals surface area contributed by atoms with E-state index in [1.807, 2.05) is 13.0 Å². The van der Waals surface area contributed by atoms with E-state index in [9.17, 15) is 4.39 Å². The van der Waals surface area contributed by atoms with Gasteiger partial charge >= 0.3 is 0 Å². The number of hydrogen-bond donors (Lipinski definition) is 0. The molecule has 1 unspecified atom stereocenters. The maximum absolute atomic E-state index is 14.0. The molecule has 1 fully saturated rings. The van der Waals surface area contributed by atoms with Crippen molar-refractivity contribution in [1.82, 2.24) is 0 Å². The van der Waals surface area contributed by atoms with Crippen molar-refractivity contribution in [2.75, 3.05) is 0 Å². The van der Waals surface area contributed by atoms with E-state index in [1.165, 1.54) is 77.0 Å². The molecule has 1 heteroatoms. The highest BCUT2D eigenvalue weighted by Gasteiger charge is 2.28. The summed E-state index contributed by atoms with van der Waals surface area (Å²) in [7, 11) is 0. The minimum Gasteiger partial charge on any atom is -0.207 e. The van der Waals surface area contributed by atoms with Gasteiger partial charge in [-0.25, -0.2) is 4.39 Å². The Labute approximate surface area is 179 Å². The van der Waals surface area contributed by atoms with Gasteiger partial charge in [-0.3, -0.25) is 0 Å². The Morgan fingerprint density at radius 2 is 1.72 bits per heavy atom. The first-order valence-electron chi connectivity index (χ1n) is 12.6. The molecule has 1 aromatic rings. The van der Waals surface area contributed by atoms with E-state index >= 15 is 0 Å². The lowest BCUT2D eigenvalue weighted by Gasteiger charge is -2.35. The third-order valence-corrected chi connectivity index (χ3v) is 7.80. The van der Waals surface area contributed by atoms with Crippen LogP contribution in [0.3, 0.4) is 0 Å². The zero-order valence-electron chi connectivity index (χ0n) is 19.0.